The molecule has 0 saturated carbocycles. The van der Waals surface area contributed by atoms with E-state index in [9.17, 15) is 14.4 Å². The van der Waals surface area contributed by atoms with Crippen LogP contribution in [0.25, 0.3) is 0 Å². The Morgan fingerprint density at radius 2 is 1.08 bits per heavy atom. The van der Waals surface area contributed by atoms with Crippen molar-refractivity contribution in [2.24, 2.45) is 0 Å². The molecule has 0 spiro atoms. The third-order valence-electron chi connectivity index (χ3n) is 7.04. The highest BCUT2D eigenvalue weighted by molar-refractivity contribution is 5.66. The first kappa shape index (κ1) is 34.7. The van der Waals surface area contributed by atoms with E-state index in [0.29, 0.717) is 25.3 Å². The lowest BCUT2D eigenvalue weighted by Crippen LogP contribution is -2.32. The number of aliphatic carboxylic acids is 1. The number of carboxylic acids is 1. The number of unbranched alkanes of at least 4 members (excludes halogenated alkanes) is 16. The molecule has 0 aromatic heterocycles. The van der Waals surface area contributed by atoms with Crippen LogP contribution in [-0.2, 0) is 14.4 Å². The lowest BCUT2D eigenvalue weighted by Gasteiger charge is -2.14. The first-order chi connectivity index (χ1) is 17.6. The van der Waals surface area contributed by atoms with Crippen LogP contribution >= 0.6 is 0 Å². The highest BCUT2D eigenvalue weighted by Gasteiger charge is 2.05. The van der Waals surface area contributed by atoms with Gasteiger partial charge in [0.2, 0.25) is 0 Å². The van der Waals surface area contributed by atoms with Gasteiger partial charge < -0.3 is 25.3 Å². The SMILES string of the molecule is CC(CCCCCCCCCCCCCCCCCCC(=O)O)NCCCCNC(C=O)CCC=O. The van der Waals surface area contributed by atoms with Crippen LogP contribution < -0.4 is 10.6 Å². The summed E-state index contributed by atoms with van der Waals surface area (Å²) >= 11 is 0. The molecule has 0 fully saturated rings. The summed E-state index contributed by atoms with van der Waals surface area (Å²) in [7, 11) is 0. The Morgan fingerprint density at radius 1 is 0.639 bits per heavy atom. The number of carbonyl (C=O) groups excluding carboxylic acids is 2. The summed E-state index contributed by atoms with van der Waals surface area (Å²) < 4.78 is 0. The minimum absolute atomic E-state index is 0.182. The van der Waals surface area contributed by atoms with Gasteiger partial charge >= 0.3 is 5.97 Å². The lowest BCUT2D eigenvalue weighted by molar-refractivity contribution is -0.137. The molecule has 6 heteroatoms. The summed E-state index contributed by atoms with van der Waals surface area (Å²) in [5.74, 6) is -0.665. The molecule has 0 aliphatic heterocycles. The fourth-order valence-corrected chi connectivity index (χ4v) is 4.66. The molecule has 0 saturated heterocycles. The Hall–Kier alpha value is -1.27. The van der Waals surface area contributed by atoms with Crippen LogP contribution in [-0.4, -0.2) is 48.8 Å². The number of hydrogen-bond donors (Lipinski definition) is 3. The van der Waals surface area contributed by atoms with E-state index in [1.54, 1.807) is 0 Å². The number of carbonyl (C=O) groups is 3. The van der Waals surface area contributed by atoms with Gasteiger partial charge in [0, 0.05) is 18.9 Å². The molecule has 0 aromatic rings. The molecule has 0 heterocycles. The van der Waals surface area contributed by atoms with Crippen molar-refractivity contribution < 1.29 is 19.5 Å². The first-order valence-electron chi connectivity index (χ1n) is 15.2. The zero-order chi connectivity index (χ0) is 26.5. The zero-order valence-corrected chi connectivity index (χ0v) is 23.5. The minimum Gasteiger partial charge on any atom is -0.481 e. The summed E-state index contributed by atoms with van der Waals surface area (Å²) in [6, 6.07) is 0.392. The van der Waals surface area contributed by atoms with Crippen LogP contribution in [0.1, 0.15) is 148 Å². The average Bonchev–Trinajstić information content (AvgIpc) is 2.86. The predicted molar refractivity (Wildman–Crippen MR) is 151 cm³/mol. The molecular formula is C30H58N2O4. The van der Waals surface area contributed by atoms with Gasteiger partial charge in [-0.25, -0.2) is 0 Å². The minimum atomic E-state index is -0.665. The van der Waals surface area contributed by atoms with Crippen molar-refractivity contribution >= 4 is 18.5 Å². The van der Waals surface area contributed by atoms with Crippen molar-refractivity contribution in [1.29, 1.82) is 0 Å². The second-order valence-corrected chi connectivity index (χ2v) is 10.6. The van der Waals surface area contributed by atoms with Crippen molar-refractivity contribution in [3.8, 4) is 0 Å². The van der Waals surface area contributed by atoms with Crippen LogP contribution in [0.4, 0.5) is 0 Å². The molecule has 0 radical (unpaired) electrons. The van der Waals surface area contributed by atoms with Gasteiger partial charge in [0.05, 0.1) is 6.04 Å². The Bertz CT molecular complexity index is 501. The largest absolute Gasteiger partial charge is 0.481 e. The molecule has 0 amide bonds. The van der Waals surface area contributed by atoms with Gasteiger partial charge in [-0.2, -0.15) is 0 Å². The Labute approximate surface area is 222 Å². The number of rotatable bonds is 30. The van der Waals surface area contributed by atoms with Gasteiger partial charge in [0.1, 0.15) is 12.6 Å². The van der Waals surface area contributed by atoms with Crippen LogP contribution in [0.2, 0.25) is 0 Å². The number of nitrogens with one attached hydrogen (secondary N) is 2. The standard InChI is InChI=1S/C30H58N2O4/c1-28(31-24-18-19-25-32-29(27-34)22-20-26-33)21-16-14-12-10-8-6-4-2-3-5-7-9-11-13-15-17-23-30(35)36/h26-29,31-32H,2-25H2,1H3,(H,35,36). The summed E-state index contributed by atoms with van der Waals surface area (Å²) in [4.78, 5) is 31.8. The third kappa shape index (κ3) is 27.3. The van der Waals surface area contributed by atoms with Crippen LogP contribution in [0.15, 0.2) is 0 Å². The van der Waals surface area contributed by atoms with Crippen molar-refractivity contribution in [1.82, 2.24) is 10.6 Å². The lowest BCUT2D eigenvalue weighted by atomic mass is 10.0. The van der Waals surface area contributed by atoms with E-state index < -0.39 is 5.97 Å². The Balaban J connectivity index is 3.24. The Kier molecular flexibility index (Phi) is 27.3. The van der Waals surface area contributed by atoms with E-state index in [2.05, 4.69) is 17.6 Å². The highest BCUT2D eigenvalue weighted by atomic mass is 16.4. The van der Waals surface area contributed by atoms with Gasteiger partial charge in [0.25, 0.3) is 0 Å². The Morgan fingerprint density at radius 3 is 1.53 bits per heavy atom. The number of aldehydes is 2. The molecular weight excluding hydrogens is 452 g/mol. The summed E-state index contributed by atoms with van der Waals surface area (Å²) in [6.07, 6.45) is 27.3. The average molecular weight is 511 g/mol. The predicted octanol–water partition coefficient (Wildman–Crippen LogP) is 6.99. The molecule has 2 atom stereocenters. The molecule has 3 N–H and O–H groups in total. The molecule has 2 unspecified atom stereocenters. The second-order valence-electron chi connectivity index (χ2n) is 10.6. The van der Waals surface area contributed by atoms with Crippen LogP contribution in [0, 0.1) is 0 Å². The van der Waals surface area contributed by atoms with Gasteiger partial charge in [-0.05, 0) is 52.1 Å². The molecule has 0 bridgehead atoms. The maximum Gasteiger partial charge on any atom is 0.303 e. The maximum absolute atomic E-state index is 10.9. The number of carboxylic acid groups (broad SMARTS) is 1. The fourth-order valence-electron chi connectivity index (χ4n) is 4.66. The maximum atomic E-state index is 10.9. The summed E-state index contributed by atoms with van der Waals surface area (Å²) in [5.41, 5.74) is 0. The third-order valence-corrected chi connectivity index (χ3v) is 7.04. The highest BCUT2D eigenvalue weighted by Crippen LogP contribution is 2.14. The van der Waals surface area contributed by atoms with Crippen molar-refractivity contribution in [2.75, 3.05) is 13.1 Å². The van der Waals surface area contributed by atoms with E-state index in [0.717, 1.165) is 51.3 Å². The molecule has 212 valence electrons. The zero-order valence-electron chi connectivity index (χ0n) is 23.5. The molecule has 0 rings (SSSR count). The summed E-state index contributed by atoms with van der Waals surface area (Å²) in [5, 5.41) is 15.4. The van der Waals surface area contributed by atoms with Crippen molar-refractivity contribution in [3.05, 3.63) is 0 Å². The first-order valence-corrected chi connectivity index (χ1v) is 15.2. The molecule has 0 aliphatic rings. The number of hydrogen-bond acceptors (Lipinski definition) is 5. The molecule has 0 aromatic carbocycles. The van der Waals surface area contributed by atoms with Gasteiger partial charge in [0.15, 0.2) is 0 Å². The van der Waals surface area contributed by atoms with E-state index in [-0.39, 0.29) is 6.04 Å². The van der Waals surface area contributed by atoms with Gasteiger partial charge in [-0.1, -0.05) is 96.3 Å². The van der Waals surface area contributed by atoms with Crippen LogP contribution in [0.3, 0.4) is 0 Å². The van der Waals surface area contributed by atoms with Crippen molar-refractivity contribution in [2.45, 2.75) is 160 Å². The van der Waals surface area contributed by atoms with E-state index in [4.69, 9.17) is 5.11 Å². The topological polar surface area (TPSA) is 95.5 Å². The molecule has 0 aliphatic carbocycles. The quantitative estimate of drug-likeness (QED) is 0.0712. The smallest absolute Gasteiger partial charge is 0.303 e. The fraction of sp³-hybridized carbons (Fsp3) is 0.900. The van der Waals surface area contributed by atoms with E-state index in [1.807, 2.05) is 0 Å². The van der Waals surface area contributed by atoms with Crippen molar-refractivity contribution in [3.63, 3.8) is 0 Å². The normalized spacial score (nSPS) is 12.9. The molecule has 6 nitrogen and oxygen atoms in total. The van der Waals surface area contributed by atoms with Gasteiger partial charge in [-0.15, -0.1) is 0 Å². The molecule has 36 heavy (non-hydrogen) atoms. The summed E-state index contributed by atoms with van der Waals surface area (Å²) in [6.45, 7) is 4.14. The monoisotopic (exact) mass is 510 g/mol. The van der Waals surface area contributed by atoms with Gasteiger partial charge in [-0.3, -0.25) is 4.79 Å². The van der Waals surface area contributed by atoms with Crippen LogP contribution in [0.5, 0.6) is 0 Å². The second kappa shape index (κ2) is 28.3. The van der Waals surface area contributed by atoms with E-state index in [1.165, 1.54) is 96.3 Å². The van der Waals surface area contributed by atoms with E-state index >= 15 is 0 Å².